The summed E-state index contributed by atoms with van der Waals surface area (Å²) in [6.45, 7) is 1.12. The number of pyridine rings is 1. The first-order valence-corrected chi connectivity index (χ1v) is 6.99. The van der Waals surface area contributed by atoms with Gasteiger partial charge in [0.05, 0.1) is 16.8 Å². The fraction of sp³-hybridized carbons (Fsp3) is 0.615. The molecule has 1 aromatic heterocycles. The van der Waals surface area contributed by atoms with Gasteiger partial charge >= 0.3 is 0 Å². The van der Waals surface area contributed by atoms with Crippen LogP contribution >= 0.6 is 15.9 Å². The number of anilines is 1. The van der Waals surface area contributed by atoms with Crippen LogP contribution in [0.5, 0.6) is 0 Å². The van der Waals surface area contributed by atoms with E-state index < -0.39 is 0 Å². The lowest BCUT2D eigenvalue weighted by atomic mass is 9.74. The van der Waals surface area contributed by atoms with Crippen molar-refractivity contribution in [1.82, 2.24) is 4.98 Å². The van der Waals surface area contributed by atoms with Gasteiger partial charge in [-0.25, -0.2) is 0 Å². The normalized spacial score (nSPS) is 18.9. The van der Waals surface area contributed by atoms with Crippen molar-refractivity contribution >= 4 is 21.6 Å². The van der Waals surface area contributed by atoms with Crippen molar-refractivity contribution in [1.29, 1.82) is 0 Å². The maximum Gasteiger partial charge on any atom is 0.0590 e. The highest BCUT2D eigenvalue weighted by molar-refractivity contribution is 9.10. The van der Waals surface area contributed by atoms with Crippen molar-refractivity contribution in [3.8, 4) is 0 Å². The molecule has 0 atom stereocenters. The highest BCUT2D eigenvalue weighted by atomic mass is 79.9. The van der Waals surface area contributed by atoms with Crippen molar-refractivity contribution in [3.05, 3.63) is 22.9 Å². The minimum absolute atomic E-state index is 0.0704. The largest absolute Gasteiger partial charge is 0.396 e. The van der Waals surface area contributed by atoms with E-state index in [-0.39, 0.29) is 12.0 Å². The molecule has 17 heavy (non-hydrogen) atoms. The molecule has 0 amide bonds. The Morgan fingerprint density at radius 3 is 2.76 bits per heavy atom. The summed E-state index contributed by atoms with van der Waals surface area (Å²) in [5.74, 6) is 0. The summed E-state index contributed by atoms with van der Waals surface area (Å²) < 4.78 is 0.976. The van der Waals surface area contributed by atoms with Crippen LogP contribution in [0.3, 0.4) is 0 Å². The molecule has 1 aliphatic carbocycles. The first kappa shape index (κ1) is 12.8. The van der Waals surface area contributed by atoms with E-state index in [0.717, 1.165) is 29.5 Å². The van der Waals surface area contributed by atoms with Crippen molar-refractivity contribution in [2.24, 2.45) is 5.41 Å². The van der Waals surface area contributed by atoms with Gasteiger partial charge in [0.25, 0.3) is 0 Å². The average molecular weight is 299 g/mol. The molecule has 0 unspecified atom stereocenters. The molecular formula is C13H19BrN2O. The van der Waals surface area contributed by atoms with E-state index in [4.69, 9.17) is 0 Å². The van der Waals surface area contributed by atoms with E-state index in [1.165, 1.54) is 19.3 Å². The number of aliphatic hydroxyl groups is 1. The van der Waals surface area contributed by atoms with Gasteiger partial charge in [-0.2, -0.15) is 0 Å². The van der Waals surface area contributed by atoms with Crippen molar-refractivity contribution in [2.75, 3.05) is 18.5 Å². The third kappa shape index (κ3) is 3.19. The second kappa shape index (κ2) is 5.83. The predicted octanol–water partition coefficient (Wildman–Crippen LogP) is 3.20. The van der Waals surface area contributed by atoms with Gasteiger partial charge in [-0.1, -0.05) is 19.3 Å². The highest BCUT2D eigenvalue weighted by Crippen LogP contribution is 2.36. The Hall–Kier alpha value is -0.610. The van der Waals surface area contributed by atoms with Crippen LogP contribution in [0, 0.1) is 5.41 Å². The van der Waals surface area contributed by atoms with Gasteiger partial charge in [-0.05, 0) is 34.8 Å². The van der Waals surface area contributed by atoms with Crippen LogP contribution in [0.1, 0.15) is 32.1 Å². The Balaban J connectivity index is 1.98. The Labute approximate surface area is 111 Å². The third-order valence-electron chi connectivity index (χ3n) is 3.68. The Kier molecular flexibility index (Phi) is 4.40. The summed E-state index contributed by atoms with van der Waals surface area (Å²) in [7, 11) is 0. The van der Waals surface area contributed by atoms with E-state index >= 15 is 0 Å². The lowest BCUT2D eigenvalue weighted by Gasteiger charge is -2.36. The summed E-state index contributed by atoms with van der Waals surface area (Å²) in [6, 6.07) is 1.96. The zero-order valence-corrected chi connectivity index (χ0v) is 11.5. The monoisotopic (exact) mass is 298 g/mol. The summed E-state index contributed by atoms with van der Waals surface area (Å²) in [6.07, 6.45) is 9.59. The topological polar surface area (TPSA) is 45.1 Å². The number of halogens is 1. The summed E-state index contributed by atoms with van der Waals surface area (Å²) >= 11 is 3.47. The van der Waals surface area contributed by atoms with Crippen LogP contribution in [0.15, 0.2) is 22.9 Å². The van der Waals surface area contributed by atoms with Gasteiger partial charge in [0, 0.05) is 24.4 Å². The molecule has 4 heteroatoms. The number of hydrogen-bond donors (Lipinski definition) is 2. The van der Waals surface area contributed by atoms with Crippen LogP contribution in [-0.2, 0) is 0 Å². The van der Waals surface area contributed by atoms with Gasteiger partial charge in [0.15, 0.2) is 0 Å². The molecule has 0 radical (unpaired) electrons. The number of nitrogens with one attached hydrogen (secondary N) is 1. The van der Waals surface area contributed by atoms with Gasteiger partial charge in [0.1, 0.15) is 0 Å². The van der Waals surface area contributed by atoms with E-state index in [1.807, 2.05) is 6.07 Å². The number of hydrogen-bond acceptors (Lipinski definition) is 3. The first-order chi connectivity index (χ1) is 8.26. The highest BCUT2D eigenvalue weighted by Gasteiger charge is 2.31. The zero-order valence-electron chi connectivity index (χ0n) is 9.95. The lowest BCUT2D eigenvalue weighted by molar-refractivity contribution is 0.0944. The third-order valence-corrected chi connectivity index (χ3v) is 4.31. The maximum absolute atomic E-state index is 9.62. The fourth-order valence-corrected chi connectivity index (χ4v) is 2.88. The molecule has 0 aromatic carbocycles. The summed E-state index contributed by atoms with van der Waals surface area (Å²) in [5, 5.41) is 13.1. The van der Waals surface area contributed by atoms with Crippen LogP contribution in [0.4, 0.5) is 5.69 Å². The maximum atomic E-state index is 9.62. The SMILES string of the molecule is OCC1(CNc2ccncc2Br)CCCCC1. The van der Waals surface area contributed by atoms with E-state index in [9.17, 15) is 5.11 Å². The second-order valence-electron chi connectivity index (χ2n) is 4.93. The number of nitrogens with zero attached hydrogens (tertiary/aromatic N) is 1. The minimum atomic E-state index is 0.0704. The second-order valence-corrected chi connectivity index (χ2v) is 5.78. The predicted molar refractivity (Wildman–Crippen MR) is 73.0 cm³/mol. The summed E-state index contributed by atoms with van der Waals surface area (Å²) in [5.41, 5.74) is 1.12. The van der Waals surface area contributed by atoms with Gasteiger partial charge < -0.3 is 10.4 Å². The van der Waals surface area contributed by atoms with E-state index in [0.29, 0.717) is 0 Å². The molecule has 1 heterocycles. The first-order valence-electron chi connectivity index (χ1n) is 6.20. The van der Waals surface area contributed by atoms with Gasteiger partial charge in [0.2, 0.25) is 0 Å². The van der Waals surface area contributed by atoms with Crippen LogP contribution < -0.4 is 5.32 Å². The molecule has 2 N–H and O–H groups in total. The molecule has 94 valence electrons. The quantitative estimate of drug-likeness (QED) is 0.897. The molecular weight excluding hydrogens is 280 g/mol. The van der Waals surface area contributed by atoms with Crippen molar-refractivity contribution in [2.45, 2.75) is 32.1 Å². The van der Waals surface area contributed by atoms with Gasteiger partial charge in [-0.15, -0.1) is 0 Å². The molecule has 2 rings (SSSR count). The molecule has 1 saturated carbocycles. The molecule has 0 bridgehead atoms. The van der Waals surface area contributed by atoms with Crippen molar-refractivity contribution in [3.63, 3.8) is 0 Å². The molecule has 0 saturated heterocycles. The van der Waals surface area contributed by atoms with Crippen LogP contribution in [0.2, 0.25) is 0 Å². The fourth-order valence-electron chi connectivity index (χ4n) is 2.49. The van der Waals surface area contributed by atoms with Crippen molar-refractivity contribution < 1.29 is 5.11 Å². The molecule has 1 aliphatic rings. The smallest absolute Gasteiger partial charge is 0.0590 e. The van der Waals surface area contributed by atoms with E-state index in [2.05, 4.69) is 26.2 Å². The molecule has 0 aliphatic heterocycles. The molecule has 1 fully saturated rings. The van der Waals surface area contributed by atoms with E-state index in [1.54, 1.807) is 12.4 Å². The van der Waals surface area contributed by atoms with Gasteiger partial charge in [-0.3, -0.25) is 4.98 Å². The Morgan fingerprint density at radius 1 is 1.35 bits per heavy atom. The Bertz CT molecular complexity index is 364. The molecule has 1 aromatic rings. The number of rotatable bonds is 4. The standard InChI is InChI=1S/C13H19BrN2O/c14-11-8-15-7-4-12(11)16-9-13(10-17)5-2-1-3-6-13/h4,7-8,17H,1-3,5-6,9-10H2,(H,15,16). The lowest BCUT2D eigenvalue weighted by Crippen LogP contribution is -2.35. The minimum Gasteiger partial charge on any atom is -0.396 e. The average Bonchev–Trinajstić information content (AvgIpc) is 2.39. The molecule has 3 nitrogen and oxygen atoms in total. The number of aliphatic hydroxyl groups excluding tert-OH is 1. The number of aromatic nitrogens is 1. The molecule has 0 spiro atoms. The zero-order chi connectivity index (χ0) is 12.1. The Morgan fingerprint density at radius 2 is 2.12 bits per heavy atom. The summed E-state index contributed by atoms with van der Waals surface area (Å²) in [4.78, 5) is 4.04. The van der Waals surface area contributed by atoms with Crippen LogP contribution in [0.25, 0.3) is 0 Å². The van der Waals surface area contributed by atoms with Crippen LogP contribution in [-0.4, -0.2) is 23.2 Å².